The number of carboxylic acid groups (broad SMARTS) is 1. The number of aryl methyl sites for hydroxylation is 1. The van der Waals surface area contributed by atoms with Crippen molar-refractivity contribution in [2.45, 2.75) is 37.1 Å². The number of fused-ring (bicyclic) bond motifs is 2. The van der Waals surface area contributed by atoms with E-state index in [9.17, 15) is 13.6 Å². The third-order valence-corrected chi connectivity index (χ3v) is 6.63. The molecule has 154 valence electrons. The van der Waals surface area contributed by atoms with E-state index in [4.69, 9.17) is 10.8 Å². The van der Waals surface area contributed by atoms with Crippen molar-refractivity contribution in [3.63, 3.8) is 0 Å². The molecule has 0 amide bonds. The molecule has 3 aliphatic rings. The molecule has 2 aromatic rings. The van der Waals surface area contributed by atoms with Gasteiger partial charge in [-0.05, 0) is 18.8 Å². The van der Waals surface area contributed by atoms with Gasteiger partial charge in [0.15, 0.2) is 5.82 Å². The van der Waals surface area contributed by atoms with Crippen molar-refractivity contribution in [1.82, 2.24) is 19.5 Å². The number of hydrogen-bond acceptors (Lipinski definition) is 6. The van der Waals surface area contributed by atoms with Gasteiger partial charge in [-0.25, -0.2) is 15.0 Å². The number of halogens is 2. The molecule has 8 nitrogen and oxygen atoms in total. The Balaban J connectivity index is 1.55. The molecule has 0 spiro atoms. The second-order valence-corrected chi connectivity index (χ2v) is 8.45. The van der Waals surface area contributed by atoms with Crippen LogP contribution in [0.2, 0.25) is 0 Å². The van der Waals surface area contributed by atoms with Crippen molar-refractivity contribution in [3.8, 4) is 11.5 Å². The van der Waals surface area contributed by atoms with Crippen LogP contribution in [-0.2, 0) is 24.2 Å². The molecule has 0 bridgehead atoms. The number of rotatable bonds is 4. The normalized spacial score (nSPS) is 29.4. The number of alkyl halides is 2. The van der Waals surface area contributed by atoms with Crippen molar-refractivity contribution in [3.05, 3.63) is 23.8 Å². The van der Waals surface area contributed by atoms with E-state index in [0.717, 1.165) is 0 Å². The number of carboxylic acids is 1. The lowest BCUT2D eigenvalue weighted by Gasteiger charge is -2.31. The molecule has 5 rings (SSSR count). The number of aliphatic carboxylic acids is 1. The van der Waals surface area contributed by atoms with Crippen LogP contribution in [0.15, 0.2) is 12.5 Å². The molecule has 3 N–H and O–H groups in total. The van der Waals surface area contributed by atoms with Crippen molar-refractivity contribution in [2.24, 2.45) is 24.6 Å². The fraction of sp³-hybridized carbons (Fsp3) is 0.579. The van der Waals surface area contributed by atoms with Gasteiger partial charge in [0.05, 0.1) is 18.9 Å². The predicted octanol–water partition coefficient (Wildman–Crippen LogP) is 1.54. The van der Waals surface area contributed by atoms with Crippen LogP contribution in [0.1, 0.15) is 30.5 Å². The molecule has 2 aromatic heterocycles. The predicted molar refractivity (Wildman–Crippen MR) is 99.4 cm³/mol. The van der Waals surface area contributed by atoms with Gasteiger partial charge in [-0.2, -0.15) is 8.78 Å². The number of piperidine rings is 1. The van der Waals surface area contributed by atoms with Crippen LogP contribution in [0.4, 0.5) is 14.6 Å². The fourth-order valence-corrected chi connectivity index (χ4v) is 5.03. The molecular weight excluding hydrogens is 382 g/mol. The lowest BCUT2D eigenvalue weighted by Crippen LogP contribution is -2.38. The van der Waals surface area contributed by atoms with E-state index >= 15 is 0 Å². The van der Waals surface area contributed by atoms with E-state index in [1.807, 2.05) is 4.90 Å². The highest BCUT2D eigenvalue weighted by Crippen LogP contribution is 2.56. The SMILES string of the molecule is Cn1cncc1-c1nc(N2CC3C(CC(=O)O)C3(N)C2)c2c(n1)C(F)(F)CCC2. The van der Waals surface area contributed by atoms with Gasteiger partial charge in [-0.15, -0.1) is 0 Å². The lowest BCUT2D eigenvalue weighted by atomic mass is 9.92. The third kappa shape index (κ3) is 2.72. The Hall–Kier alpha value is -2.62. The number of anilines is 1. The van der Waals surface area contributed by atoms with Crippen molar-refractivity contribution < 1.29 is 18.7 Å². The number of hydrogen-bond donors (Lipinski definition) is 2. The number of nitrogens with zero attached hydrogens (tertiary/aromatic N) is 5. The molecule has 3 atom stereocenters. The molecule has 2 aliphatic carbocycles. The van der Waals surface area contributed by atoms with E-state index in [1.165, 1.54) is 0 Å². The molecule has 0 aromatic carbocycles. The second-order valence-electron chi connectivity index (χ2n) is 8.45. The van der Waals surface area contributed by atoms with E-state index < -0.39 is 17.4 Å². The highest BCUT2D eigenvalue weighted by molar-refractivity contribution is 5.69. The maximum absolute atomic E-state index is 14.7. The second kappa shape index (κ2) is 5.94. The summed E-state index contributed by atoms with van der Waals surface area (Å²) in [6, 6.07) is 0. The molecule has 3 unspecified atom stereocenters. The Kier molecular flexibility index (Phi) is 3.77. The van der Waals surface area contributed by atoms with Crippen LogP contribution in [0.5, 0.6) is 0 Å². The standard InChI is InChI=1S/C19H22F2N6O2/c1-26-9-23-6-13(26)16-24-15-10(3-2-4-19(15,20)21)17(25-16)27-7-12-11(5-14(28)29)18(12,22)8-27/h6,9,11-12H,2-5,7-8,22H2,1H3,(H,28,29). The monoisotopic (exact) mass is 404 g/mol. The summed E-state index contributed by atoms with van der Waals surface area (Å²) in [6.07, 6.45) is 3.80. The molecule has 0 radical (unpaired) electrons. The summed E-state index contributed by atoms with van der Waals surface area (Å²) in [5.41, 5.74) is 6.68. The zero-order chi connectivity index (χ0) is 20.6. The van der Waals surface area contributed by atoms with Crippen LogP contribution in [0.25, 0.3) is 11.5 Å². The molecule has 29 heavy (non-hydrogen) atoms. The lowest BCUT2D eigenvalue weighted by molar-refractivity contribution is -0.137. The Labute approximate surface area is 165 Å². The maximum atomic E-state index is 14.7. The minimum atomic E-state index is -3.01. The first-order valence-corrected chi connectivity index (χ1v) is 9.72. The van der Waals surface area contributed by atoms with Gasteiger partial charge in [0.1, 0.15) is 17.2 Å². The maximum Gasteiger partial charge on any atom is 0.303 e. The van der Waals surface area contributed by atoms with Crippen LogP contribution in [0, 0.1) is 11.8 Å². The summed E-state index contributed by atoms with van der Waals surface area (Å²) in [6.45, 7) is 0.934. The van der Waals surface area contributed by atoms with E-state index in [0.29, 0.717) is 43.0 Å². The number of imidazole rings is 1. The van der Waals surface area contributed by atoms with Crippen LogP contribution >= 0.6 is 0 Å². The summed E-state index contributed by atoms with van der Waals surface area (Å²) < 4.78 is 31.2. The minimum Gasteiger partial charge on any atom is -0.481 e. The number of carbonyl (C=O) groups is 1. The Bertz CT molecular complexity index is 1010. The van der Waals surface area contributed by atoms with Gasteiger partial charge in [0.2, 0.25) is 0 Å². The van der Waals surface area contributed by atoms with Crippen LogP contribution in [-0.4, -0.2) is 49.2 Å². The van der Waals surface area contributed by atoms with Gasteiger partial charge in [0.25, 0.3) is 5.92 Å². The molecule has 1 aliphatic heterocycles. The van der Waals surface area contributed by atoms with Crippen molar-refractivity contribution in [1.29, 1.82) is 0 Å². The highest BCUT2D eigenvalue weighted by Gasteiger charge is 2.67. The first-order valence-electron chi connectivity index (χ1n) is 9.72. The van der Waals surface area contributed by atoms with Gasteiger partial charge in [-0.1, -0.05) is 0 Å². The van der Waals surface area contributed by atoms with E-state index in [1.54, 1.807) is 24.1 Å². The quantitative estimate of drug-likeness (QED) is 0.795. The van der Waals surface area contributed by atoms with Crippen molar-refractivity contribution in [2.75, 3.05) is 18.0 Å². The zero-order valence-electron chi connectivity index (χ0n) is 16.0. The van der Waals surface area contributed by atoms with Crippen LogP contribution in [0.3, 0.4) is 0 Å². The van der Waals surface area contributed by atoms with E-state index in [2.05, 4.69) is 15.0 Å². The molecule has 10 heteroatoms. The topological polar surface area (TPSA) is 110 Å². The zero-order valence-corrected chi connectivity index (χ0v) is 16.0. The summed E-state index contributed by atoms with van der Waals surface area (Å²) in [5, 5.41) is 9.08. The van der Waals surface area contributed by atoms with Crippen LogP contribution < -0.4 is 10.6 Å². The summed E-state index contributed by atoms with van der Waals surface area (Å²) in [5.74, 6) is -3.20. The molecule has 3 heterocycles. The fourth-order valence-electron chi connectivity index (χ4n) is 5.03. The summed E-state index contributed by atoms with van der Waals surface area (Å²) in [7, 11) is 1.76. The molecule has 1 saturated carbocycles. The van der Waals surface area contributed by atoms with E-state index in [-0.39, 0.29) is 36.2 Å². The summed E-state index contributed by atoms with van der Waals surface area (Å²) >= 11 is 0. The number of nitrogens with two attached hydrogens (primary N) is 1. The largest absolute Gasteiger partial charge is 0.481 e. The Morgan fingerprint density at radius 1 is 1.41 bits per heavy atom. The number of aromatic nitrogens is 4. The average molecular weight is 404 g/mol. The molecule has 2 fully saturated rings. The van der Waals surface area contributed by atoms with Crippen molar-refractivity contribution >= 4 is 11.8 Å². The van der Waals surface area contributed by atoms with Gasteiger partial charge < -0.3 is 20.3 Å². The third-order valence-electron chi connectivity index (χ3n) is 6.63. The summed E-state index contributed by atoms with van der Waals surface area (Å²) in [4.78, 5) is 26.0. The Morgan fingerprint density at radius 2 is 2.21 bits per heavy atom. The smallest absolute Gasteiger partial charge is 0.303 e. The highest BCUT2D eigenvalue weighted by atomic mass is 19.3. The minimum absolute atomic E-state index is 0.0356. The molecule has 1 saturated heterocycles. The average Bonchev–Trinajstić information content (AvgIpc) is 2.99. The van der Waals surface area contributed by atoms with Gasteiger partial charge >= 0.3 is 5.97 Å². The first-order chi connectivity index (χ1) is 13.7. The van der Waals surface area contributed by atoms with Gasteiger partial charge in [0, 0.05) is 43.6 Å². The first kappa shape index (κ1) is 18.4. The van der Waals surface area contributed by atoms with Gasteiger partial charge in [-0.3, -0.25) is 4.79 Å². The Morgan fingerprint density at radius 3 is 2.83 bits per heavy atom. The molecular formula is C19H22F2N6O2.